The molecule has 0 saturated heterocycles. The Morgan fingerprint density at radius 2 is 1.51 bits per heavy atom. The highest BCUT2D eigenvalue weighted by molar-refractivity contribution is 7.92. The minimum atomic E-state index is -4.31. The van der Waals surface area contributed by atoms with Gasteiger partial charge >= 0.3 is 0 Å². The van der Waals surface area contributed by atoms with E-state index < -0.39 is 34.4 Å². The molecule has 43 heavy (non-hydrogen) atoms. The molecule has 0 aliphatic carbocycles. The van der Waals surface area contributed by atoms with Crippen LogP contribution < -0.4 is 19.1 Å². The Labute approximate surface area is 263 Å². The molecule has 0 bridgehead atoms. The maximum atomic E-state index is 14.1. The minimum absolute atomic E-state index is 0.109. The van der Waals surface area contributed by atoms with Gasteiger partial charge in [-0.3, -0.25) is 13.9 Å². The Morgan fingerprint density at radius 3 is 2.07 bits per heavy atom. The van der Waals surface area contributed by atoms with Gasteiger partial charge in [-0.2, -0.15) is 0 Å². The molecule has 0 radical (unpaired) electrons. The monoisotopic (exact) mass is 649 g/mol. The number of carbonyl (C=O) groups excluding carboxylic acids is 2. The van der Waals surface area contributed by atoms with Crippen LogP contribution in [0.3, 0.4) is 0 Å². The summed E-state index contributed by atoms with van der Waals surface area (Å²) in [5.41, 5.74) is 1.61. The van der Waals surface area contributed by atoms with Crippen molar-refractivity contribution in [2.75, 3.05) is 31.6 Å². The summed E-state index contributed by atoms with van der Waals surface area (Å²) in [6.45, 7) is 7.04. The van der Waals surface area contributed by atoms with Crippen molar-refractivity contribution in [2.24, 2.45) is 5.92 Å². The van der Waals surface area contributed by atoms with Crippen LogP contribution in [0.2, 0.25) is 10.0 Å². The molecular formula is C31H37Cl2N3O6S. The molecule has 3 aromatic rings. The number of sulfonamides is 1. The molecule has 0 aliphatic heterocycles. The summed E-state index contributed by atoms with van der Waals surface area (Å²) < 4.78 is 39.9. The van der Waals surface area contributed by atoms with Crippen molar-refractivity contribution < 1.29 is 27.5 Å². The van der Waals surface area contributed by atoms with Crippen LogP contribution in [0.5, 0.6) is 11.5 Å². The van der Waals surface area contributed by atoms with E-state index in [1.807, 2.05) is 20.8 Å². The number of nitrogens with zero attached hydrogens (tertiary/aromatic N) is 2. The number of aryl methyl sites for hydroxylation is 1. The number of methoxy groups -OCH3 is 2. The first kappa shape index (κ1) is 34.0. The third kappa shape index (κ3) is 8.34. The zero-order valence-electron chi connectivity index (χ0n) is 25.1. The number of carbonyl (C=O) groups is 2. The molecule has 232 valence electrons. The summed E-state index contributed by atoms with van der Waals surface area (Å²) in [5.74, 6) is -0.280. The lowest BCUT2D eigenvalue weighted by Crippen LogP contribution is -2.51. The van der Waals surface area contributed by atoms with Crippen LogP contribution in [0, 0.1) is 12.8 Å². The molecule has 0 saturated carbocycles. The van der Waals surface area contributed by atoms with Crippen LogP contribution in [-0.4, -0.2) is 58.5 Å². The third-order valence-corrected chi connectivity index (χ3v) is 9.26. The van der Waals surface area contributed by atoms with E-state index in [9.17, 15) is 18.0 Å². The Balaban J connectivity index is 2.09. The summed E-state index contributed by atoms with van der Waals surface area (Å²) in [6.07, 6.45) is 0. The maximum absolute atomic E-state index is 14.1. The van der Waals surface area contributed by atoms with Crippen molar-refractivity contribution in [3.05, 3.63) is 81.8 Å². The van der Waals surface area contributed by atoms with Crippen molar-refractivity contribution in [1.29, 1.82) is 0 Å². The molecule has 2 amide bonds. The number of amides is 2. The molecule has 3 rings (SSSR count). The molecule has 0 unspecified atom stereocenters. The average molecular weight is 651 g/mol. The van der Waals surface area contributed by atoms with Crippen molar-refractivity contribution in [2.45, 2.75) is 45.2 Å². The van der Waals surface area contributed by atoms with E-state index in [-0.39, 0.29) is 28.8 Å². The highest BCUT2D eigenvalue weighted by atomic mass is 35.5. The lowest BCUT2D eigenvalue weighted by atomic mass is 10.1. The molecule has 1 atom stereocenters. The number of ether oxygens (including phenoxy) is 2. The number of halogens is 2. The summed E-state index contributed by atoms with van der Waals surface area (Å²) in [7, 11) is -1.46. The number of rotatable bonds is 13. The second-order valence-corrected chi connectivity index (χ2v) is 13.1. The van der Waals surface area contributed by atoms with Gasteiger partial charge in [0.2, 0.25) is 11.8 Å². The van der Waals surface area contributed by atoms with Crippen LogP contribution in [0.4, 0.5) is 5.69 Å². The molecule has 1 N–H and O–H groups in total. The first-order valence-electron chi connectivity index (χ1n) is 13.6. The topological polar surface area (TPSA) is 105 Å². The van der Waals surface area contributed by atoms with Crippen LogP contribution in [0.25, 0.3) is 0 Å². The summed E-state index contributed by atoms with van der Waals surface area (Å²) >= 11 is 12.9. The van der Waals surface area contributed by atoms with Crippen molar-refractivity contribution in [3.63, 3.8) is 0 Å². The van der Waals surface area contributed by atoms with Gasteiger partial charge in [0.1, 0.15) is 12.6 Å². The molecule has 0 aliphatic rings. The van der Waals surface area contributed by atoms with Gasteiger partial charge in [-0.1, -0.05) is 60.8 Å². The number of nitrogens with one attached hydrogen (secondary N) is 1. The molecular weight excluding hydrogens is 613 g/mol. The predicted molar refractivity (Wildman–Crippen MR) is 170 cm³/mol. The van der Waals surface area contributed by atoms with Gasteiger partial charge in [0.25, 0.3) is 10.0 Å². The third-order valence-electron chi connectivity index (χ3n) is 6.79. The van der Waals surface area contributed by atoms with Gasteiger partial charge in [0, 0.05) is 34.8 Å². The van der Waals surface area contributed by atoms with E-state index in [1.165, 1.54) is 37.3 Å². The normalized spacial score (nSPS) is 12.0. The Hall–Kier alpha value is -3.47. The molecule has 0 spiro atoms. The molecule has 0 fully saturated rings. The Bertz CT molecular complexity index is 1530. The van der Waals surface area contributed by atoms with Gasteiger partial charge in [-0.25, -0.2) is 8.42 Å². The highest BCUT2D eigenvalue weighted by Crippen LogP contribution is 2.33. The summed E-state index contributed by atoms with van der Waals surface area (Å²) in [5, 5.41) is 3.47. The zero-order chi connectivity index (χ0) is 31.9. The largest absolute Gasteiger partial charge is 0.493 e. The smallest absolute Gasteiger partial charge is 0.264 e. The van der Waals surface area contributed by atoms with E-state index in [4.69, 9.17) is 32.7 Å². The summed E-state index contributed by atoms with van der Waals surface area (Å²) in [4.78, 5) is 28.5. The van der Waals surface area contributed by atoms with E-state index in [2.05, 4.69) is 5.32 Å². The van der Waals surface area contributed by atoms with E-state index >= 15 is 0 Å². The van der Waals surface area contributed by atoms with Gasteiger partial charge in [0.05, 0.1) is 24.8 Å². The van der Waals surface area contributed by atoms with E-state index in [0.717, 1.165) is 9.87 Å². The fourth-order valence-corrected chi connectivity index (χ4v) is 6.18. The fourth-order valence-electron chi connectivity index (χ4n) is 4.23. The quantitative estimate of drug-likeness (QED) is 0.255. The summed E-state index contributed by atoms with van der Waals surface area (Å²) in [6, 6.07) is 14.9. The molecule has 12 heteroatoms. The lowest BCUT2D eigenvalue weighted by molar-refractivity contribution is -0.139. The number of hydrogen-bond acceptors (Lipinski definition) is 6. The predicted octanol–water partition coefficient (Wildman–Crippen LogP) is 5.70. The first-order valence-corrected chi connectivity index (χ1v) is 15.8. The SMILES string of the molecule is COc1ccc(S(=O)(=O)N(CC(=O)N(Cc2c(Cl)cccc2Cl)[C@@H](C)C(=O)NCC(C)C)c2ccc(C)cc2)cc1OC. The number of hydrogen-bond donors (Lipinski definition) is 1. The lowest BCUT2D eigenvalue weighted by Gasteiger charge is -2.32. The first-order chi connectivity index (χ1) is 20.3. The average Bonchev–Trinajstić information content (AvgIpc) is 2.98. The second kappa shape index (κ2) is 14.8. The van der Waals surface area contributed by atoms with Crippen LogP contribution in [0.1, 0.15) is 31.9 Å². The molecule has 0 aromatic heterocycles. The van der Waals surface area contributed by atoms with Gasteiger partial charge < -0.3 is 19.7 Å². The highest BCUT2D eigenvalue weighted by Gasteiger charge is 2.33. The Morgan fingerprint density at radius 1 is 0.907 bits per heavy atom. The van der Waals surface area contributed by atoms with Crippen LogP contribution >= 0.6 is 23.2 Å². The molecule has 9 nitrogen and oxygen atoms in total. The molecule has 3 aromatic carbocycles. The number of anilines is 1. The zero-order valence-corrected chi connectivity index (χ0v) is 27.4. The maximum Gasteiger partial charge on any atom is 0.264 e. The number of benzene rings is 3. The minimum Gasteiger partial charge on any atom is -0.493 e. The standard InChI is InChI=1S/C31H37Cl2N3O6S/c1-20(2)17-34-31(38)22(4)35(18-25-26(32)8-7-9-27(25)33)30(37)19-36(23-12-10-21(3)11-13-23)43(39,40)24-14-15-28(41-5)29(16-24)42-6/h7-16,20,22H,17-19H2,1-6H3,(H,34,38)/t22-/m0/s1. The van der Waals surface area contributed by atoms with Gasteiger partial charge in [-0.15, -0.1) is 0 Å². The second-order valence-electron chi connectivity index (χ2n) is 10.4. The van der Waals surface area contributed by atoms with Gasteiger partial charge in [-0.05, 0) is 56.2 Å². The van der Waals surface area contributed by atoms with Crippen molar-refractivity contribution >= 4 is 50.7 Å². The van der Waals surface area contributed by atoms with Crippen LogP contribution in [-0.2, 0) is 26.2 Å². The fraction of sp³-hybridized carbons (Fsp3) is 0.355. The van der Waals surface area contributed by atoms with Crippen LogP contribution in [0.15, 0.2) is 65.6 Å². The van der Waals surface area contributed by atoms with E-state index in [0.29, 0.717) is 27.9 Å². The Kier molecular flexibility index (Phi) is 11.7. The van der Waals surface area contributed by atoms with Gasteiger partial charge in [0.15, 0.2) is 11.5 Å². The molecule has 0 heterocycles. The van der Waals surface area contributed by atoms with E-state index in [1.54, 1.807) is 49.4 Å². The van der Waals surface area contributed by atoms with Crippen molar-refractivity contribution in [3.8, 4) is 11.5 Å². The van der Waals surface area contributed by atoms with Crippen molar-refractivity contribution in [1.82, 2.24) is 10.2 Å².